The van der Waals surface area contributed by atoms with Gasteiger partial charge < -0.3 is 62.3 Å². The average Bonchev–Trinajstić information content (AvgIpc) is 3.18. The molecule has 3 fully saturated rings. The number of hydrogen-bond acceptors (Lipinski definition) is 13. The largest absolute Gasteiger partial charge is 0.394 e. The van der Waals surface area contributed by atoms with Crippen molar-refractivity contribution in [2.24, 2.45) is 0 Å². The van der Waals surface area contributed by atoms with E-state index in [9.17, 15) is 10.2 Å². The Labute approximate surface area is 333 Å². The maximum absolute atomic E-state index is 11.7. The van der Waals surface area contributed by atoms with Gasteiger partial charge >= 0.3 is 0 Å². The zero-order chi connectivity index (χ0) is 39.8. The van der Waals surface area contributed by atoms with Crippen molar-refractivity contribution < 1.29 is 62.3 Å². The summed E-state index contributed by atoms with van der Waals surface area (Å²) >= 11 is 0. The minimum absolute atomic E-state index is 0.296. The molecule has 0 aromatic carbocycles. The Balaban J connectivity index is 1.95. The molecular weight excluding hydrogens is 712 g/mol. The molecule has 0 radical (unpaired) electrons. The van der Waals surface area contributed by atoms with Crippen LogP contribution in [0.3, 0.4) is 0 Å². The lowest BCUT2D eigenvalue weighted by atomic mass is 9.96. The second kappa shape index (κ2) is 28.8. The van der Waals surface area contributed by atoms with Gasteiger partial charge in [0, 0.05) is 46.2 Å². The molecule has 0 spiro atoms. The molecule has 3 heterocycles. The van der Waals surface area contributed by atoms with Crippen LogP contribution in [0, 0.1) is 0 Å². The fourth-order valence-corrected chi connectivity index (χ4v) is 7.10. The number of aliphatic hydroxyl groups excluding tert-OH is 2. The molecule has 0 amide bonds. The molecular formula is C42H80O13. The van der Waals surface area contributed by atoms with Gasteiger partial charge in [-0.2, -0.15) is 0 Å². The highest BCUT2D eigenvalue weighted by Crippen LogP contribution is 2.35. The lowest BCUT2D eigenvalue weighted by Gasteiger charge is -2.49. The minimum Gasteiger partial charge on any atom is -0.394 e. The summed E-state index contributed by atoms with van der Waals surface area (Å²) in [5, 5.41) is 22.1. The summed E-state index contributed by atoms with van der Waals surface area (Å²) < 4.78 is 71.5. The Hall–Kier alpha value is -0.520. The van der Waals surface area contributed by atoms with Crippen molar-refractivity contribution in [1.29, 1.82) is 0 Å². The molecule has 326 valence electrons. The first-order valence-corrected chi connectivity index (χ1v) is 22.1. The number of rotatable bonds is 30. The molecule has 0 aromatic heterocycles. The van der Waals surface area contributed by atoms with E-state index in [-0.39, 0.29) is 18.8 Å². The molecule has 13 heteroatoms. The third-order valence-electron chi connectivity index (χ3n) is 10.6. The van der Waals surface area contributed by atoms with Gasteiger partial charge in [0.05, 0.1) is 25.4 Å². The van der Waals surface area contributed by atoms with Crippen LogP contribution in [0.2, 0.25) is 0 Å². The number of unbranched alkanes of at least 4 members (excludes halogenated alkanes) is 6. The van der Waals surface area contributed by atoms with Crippen LogP contribution in [0.5, 0.6) is 0 Å². The summed E-state index contributed by atoms with van der Waals surface area (Å²) in [6.45, 7) is 18.2. The maximum Gasteiger partial charge on any atom is 0.187 e. The average molecular weight is 793 g/mol. The van der Waals surface area contributed by atoms with Crippen LogP contribution >= 0.6 is 0 Å². The molecule has 0 saturated carbocycles. The first-order valence-electron chi connectivity index (χ1n) is 22.1. The highest BCUT2D eigenvalue weighted by Gasteiger charge is 2.52. The Morgan fingerprint density at radius 1 is 0.527 bits per heavy atom. The lowest BCUT2D eigenvalue weighted by molar-refractivity contribution is -0.364. The predicted molar refractivity (Wildman–Crippen MR) is 209 cm³/mol. The molecule has 0 aromatic rings. The van der Waals surface area contributed by atoms with Crippen molar-refractivity contribution in [2.45, 2.75) is 212 Å². The van der Waals surface area contributed by atoms with Crippen molar-refractivity contribution in [2.75, 3.05) is 59.5 Å². The smallest absolute Gasteiger partial charge is 0.187 e. The van der Waals surface area contributed by atoms with Crippen LogP contribution in [0.1, 0.15) is 132 Å². The highest BCUT2D eigenvalue weighted by molar-refractivity contribution is 4.96. The second-order valence-corrected chi connectivity index (χ2v) is 15.3. The summed E-state index contributed by atoms with van der Waals surface area (Å²) in [4.78, 5) is 0. The zero-order valence-electron chi connectivity index (χ0n) is 35.4. The molecule has 2 N–H and O–H groups in total. The second-order valence-electron chi connectivity index (χ2n) is 15.3. The summed E-state index contributed by atoms with van der Waals surface area (Å²) in [7, 11) is 0. The van der Waals surface area contributed by atoms with Crippen LogP contribution in [-0.2, 0) is 52.1 Å². The maximum atomic E-state index is 11.7. The predicted octanol–water partition coefficient (Wildman–Crippen LogP) is 6.11. The fraction of sp³-hybridized carbons (Fsp3) is 1.00. The van der Waals surface area contributed by atoms with Gasteiger partial charge in [-0.05, 0) is 51.9 Å². The van der Waals surface area contributed by atoms with E-state index in [0.29, 0.717) is 59.3 Å². The van der Waals surface area contributed by atoms with Crippen molar-refractivity contribution in [3.63, 3.8) is 0 Å². The van der Waals surface area contributed by atoms with Crippen LogP contribution in [0.15, 0.2) is 0 Å². The van der Waals surface area contributed by atoms with Gasteiger partial charge in [-0.1, -0.05) is 80.1 Å². The van der Waals surface area contributed by atoms with Gasteiger partial charge in [0.25, 0.3) is 0 Å². The molecule has 3 saturated heterocycles. The first kappa shape index (κ1) is 48.8. The quantitative estimate of drug-likeness (QED) is 0.0809. The Bertz CT molecular complexity index is 932. The molecule has 3 aliphatic rings. The Morgan fingerprint density at radius 2 is 1.02 bits per heavy atom. The molecule has 3 aliphatic heterocycles. The molecule has 3 rings (SSSR count). The van der Waals surface area contributed by atoms with Gasteiger partial charge in [0.2, 0.25) is 0 Å². The fourth-order valence-electron chi connectivity index (χ4n) is 7.10. The SMILES string of the molecule is CCCCOCC1OCCC(OC2OC(CO)C(OCCCC)C(O)C2OCCCC)C1OC1OC(C)C(OCCCC)C(OCCCC)C1OCCCC. The van der Waals surface area contributed by atoms with Gasteiger partial charge in [-0.15, -0.1) is 0 Å². The molecule has 13 nitrogen and oxygen atoms in total. The van der Waals surface area contributed by atoms with Crippen molar-refractivity contribution >= 4 is 0 Å². The van der Waals surface area contributed by atoms with Gasteiger partial charge in [-0.3, -0.25) is 0 Å². The number of ether oxygens (including phenoxy) is 11. The van der Waals surface area contributed by atoms with Crippen LogP contribution < -0.4 is 0 Å². The summed E-state index contributed by atoms with van der Waals surface area (Å²) in [5.41, 5.74) is 0. The van der Waals surface area contributed by atoms with E-state index in [0.717, 1.165) is 77.0 Å². The Kier molecular flexibility index (Phi) is 25.6. The van der Waals surface area contributed by atoms with E-state index in [1.807, 2.05) is 6.92 Å². The highest BCUT2D eigenvalue weighted by atomic mass is 16.8. The van der Waals surface area contributed by atoms with Gasteiger partial charge in [-0.25, -0.2) is 0 Å². The van der Waals surface area contributed by atoms with E-state index in [2.05, 4.69) is 41.5 Å². The molecule has 55 heavy (non-hydrogen) atoms. The van der Waals surface area contributed by atoms with E-state index < -0.39 is 67.5 Å². The lowest BCUT2D eigenvalue weighted by Crippen LogP contribution is -2.64. The monoisotopic (exact) mass is 793 g/mol. The van der Waals surface area contributed by atoms with Crippen molar-refractivity contribution in [1.82, 2.24) is 0 Å². The van der Waals surface area contributed by atoms with Crippen molar-refractivity contribution in [3.8, 4) is 0 Å². The summed E-state index contributed by atoms with van der Waals surface area (Å²) in [5.74, 6) is 0. The number of hydrogen-bond donors (Lipinski definition) is 2. The third-order valence-corrected chi connectivity index (χ3v) is 10.6. The summed E-state index contributed by atoms with van der Waals surface area (Å²) in [6.07, 6.45) is 2.95. The topological polar surface area (TPSA) is 142 Å². The molecule has 0 aliphatic carbocycles. The first-order chi connectivity index (χ1) is 26.9. The van der Waals surface area contributed by atoms with Crippen LogP contribution in [0.4, 0.5) is 0 Å². The van der Waals surface area contributed by atoms with Crippen molar-refractivity contribution in [3.05, 3.63) is 0 Å². The van der Waals surface area contributed by atoms with Crippen LogP contribution in [-0.4, -0.2) is 149 Å². The Morgan fingerprint density at radius 3 is 1.58 bits per heavy atom. The molecule has 0 bridgehead atoms. The van der Waals surface area contributed by atoms with Gasteiger partial charge in [0.1, 0.15) is 54.9 Å². The van der Waals surface area contributed by atoms with E-state index in [1.165, 1.54) is 0 Å². The van der Waals surface area contributed by atoms with Gasteiger partial charge in [0.15, 0.2) is 12.6 Å². The van der Waals surface area contributed by atoms with E-state index in [1.54, 1.807) is 0 Å². The standard InChI is InChI=1S/C42H80O13/c1-8-14-21-45-29-33-36(55-42-40(51-26-19-13-6)39(50-25-18-12-5)35(30(7)52-42)47-22-15-9-2)31(20-27-46-33)53-41-38(49-24-17-11-4)34(44)37(32(28-43)54-41)48-23-16-10-3/h30-44H,8-29H2,1-7H3. The van der Waals surface area contributed by atoms with E-state index >= 15 is 0 Å². The molecule has 13 atom stereocenters. The molecule has 13 unspecified atom stereocenters. The number of aliphatic hydroxyl groups is 2. The summed E-state index contributed by atoms with van der Waals surface area (Å²) in [6, 6.07) is 0. The zero-order valence-corrected chi connectivity index (χ0v) is 35.4. The van der Waals surface area contributed by atoms with Crippen LogP contribution in [0.25, 0.3) is 0 Å². The van der Waals surface area contributed by atoms with E-state index in [4.69, 9.17) is 52.1 Å². The normalized spacial score (nSPS) is 34.3. The third kappa shape index (κ3) is 15.9. The minimum atomic E-state index is -1.08.